The Morgan fingerprint density at radius 3 is 2.02 bits per heavy atom. The maximum atomic E-state index is 14.5. The molecular weight excluding hydrogens is 661 g/mol. The average Bonchev–Trinajstić information content (AvgIpc) is 3.06. The Kier molecular flexibility index (Phi) is 12.1. The number of amides is 2. The number of benzene rings is 4. The molecule has 4 aromatic carbocycles. The number of sulfonamides is 1. The van der Waals surface area contributed by atoms with E-state index in [9.17, 15) is 18.0 Å². The van der Waals surface area contributed by atoms with E-state index in [1.54, 1.807) is 48.5 Å². The number of carbonyl (C=O) groups excluding carboxylic acids is 2. The van der Waals surface area contributed by atoms with Crippen LogP contribution in [0.2, 0.25) is 10.0 Å². The number of methoxy groups -OCH3 is 2. The van der Waals surface area contributed by atoms with Crippen LogP contribution in [0.4, 0.5) is 5.69 Å². The number of rotatable bonds is 14. The van der Waals surface area contributed by atoms with Gasteiger partial charge in [0.05, 0.1) is 34.8 Å². The molecule has 0 saturated heterocycles. The van der Waals surface area contributed by atoms with Gasteiger partial charge in [0.15, 0.2) is 11.5 Å². The third-order valence-electron chi connectivity index (χ3n) is 7.31. The van der Waals surface area contributed by atoms with Crippen molar-refractivity contribution in [2.75, 3.05) is 25.1 Å². The van der Waals surface area contributed by atoms with Crippen molar-refractivity contribution in [2.45, 2.75) is 43.8 Å². The highest BCUT2D eigenvalue weighted by atomic mass is 35.5. The van der Waals surface area contributed by atoms with Gasteiger partial charge in [0.2, 0.25) is 11.8 Å². The maximum absolute atomic E-state index is 14.5. The summed E-state index contributed by atoms with van der Waals surface area (Å²) in [6, 6.07) is 25.6. The highest BCUT2D eigenvalue weighted by molar-refractivity contribution is 7.92. The number of hydrogen-bond acceptors (Lipinski definition) is 6. The van der Waals surface area contributed by atoms with Crippen molar-refractivity contribution in [2.24, 2.45) is 0 Å². The lowest BCUT2D eigenvalue weighted by molar-refractivity contribution is -0.140. The van der Waals surface area contributed by atoms with Crippen molar-refractivity contribution >= 4 is 50.7 Å². The molecule has 0 radical (unpaired) electrons. The van der Waals surface area contributed by atoms with Gasteiger partial charge >= 0.3 is 0 Å². The predicted molar refractivity (Wildman–Crippen MR) is 185 cm³/mol. The molecule has 0 aromatic heterocycles. The molecule has 4 rings (SSSR count). The molecule has 0 fully saturated rings. The van der Waals surface area contributed by atoms with Gasteiger partial charge in [-0.1, -0.05) is 77.8 Å². The Balaban J connectivity index is 1.82. The molecule has 248 valence electrons. The summed E-state index contributed by atoms with van der Waals surface area (Å²) in [7, 11) is -1.48. The summed E-state index contributed by atoms with van der Waals surface area (Å²) >= 11 is 12.5. The Bertz CT molecular complexity index is 1790. The minimum absolute atomic E-state index is 0.0439. The SMILES string of the molecule is COc1ccc(S(=O)(=O)N(CC(=O)N(Cc2ccc(Cl)c(Cl)c2)[C@@H](Cc2ccccc2)C(=O)NC(C)C)c2ccccc2)cc1OC. The van der Waals surface area contributed by atoms with E-state index in [0.717, 1.165) is 9.87 Å². The topological polar surface area (TPSA) is 105 Å². The van der Waals surface area contributed by atoms with Gasteiger partial charge in [-0.2, -0.15) is 0 Å². The van der Waals surface area contributed by atoms with Gasteiger partial charge in [0.1, 0.15) is 12.6 Å². The van der Waals surface area contributed by atoms with Crippen LogP contribution < -0.4 is 19.1 Å². The van der Waals surface area contributed by atoms with Crippen LogP contribution in [-0.2, 0) is 32.6 Å². The minimum Gasteiger partial charge on any atom is -0.493 e. The van der Waals surface area contributed by atoms with Crippen LogP contribution in [0, 0.1) is 0 Å². The molecule has 0 heterocycles. The van der Waals surface area contributed by atoms with Crippen molar-refractivity contribution in [1.29, 1.82) is 0 Å². The largest absolute Gasteiger partial charge is 0.493 e. The van der Waals surface area contributed by atoms with E-state index in [1.807, 2.05) is 44.2 Å². The first-order chi connectivity index (χ1) is 22.4. The van der Waals surface area contributed by atoms with E-state index in [0.29, 0.717) is 16.3 Å². The molecule has 2 amide bonds. The Labute approximate surface area is 286 Å². The normalized spacial score (nSPS) is 11.9. The molecule has 9 nitrogen and oxygen atoms in total. The monoisotopic (exact) mass is 697 g/mol. The molecule has 1 atom stereocenters. The van der Waals surface area contributed by atoms with Crippen molar-refractivity contribution < 1.29 is 27.5 Å². The van der Waals surface area contributed by atoms with Crippen molar-refractivity contribution in [3.8, 4) is 11.5 Å². The zero-order chi connectivity index (χ0) is 34.1. The first-order valence-electron chi connectivity index (χ1n) is 14.8. The Morgan fingerprint density at radius 2 is 1.43 bits per heavy atom. The van der Waals surface area contributed by atoms with Crippen molar-refractivity contribution in [3.63, 3.8) is 0 Å². The van der Waals surface area contributed by atoms with Gasteiger partial charge in [-0.25, -0.2) is 8.42 Å². The number of anilines is 1. The van der Waals surface area contributed by atoms with Crippen LogP contribution in [0.15, 0.2) is 102 Å². The lowest BCUT2D eigenvalue weighted by Crippen LogP contribution is -2.54. The number of para-hydroxylation sites is 1. The van der Waals surface area contributed by atoms with E-state index >= 15 is 0 Å². The summed E-state index contributed by atoms with van der Waals surface area (Å²) in [5.74, 6) is -0.431. The molecule has 0 saturated carbocycles. The second kappa shape index (κ2) is 16.0. The lowest BCUT2D eigenvalue weighted by atomic mass is 10.0. The second-order valence-corrected chi connectivity index (χ2v) is 13.7. The molecule has 0 spiro atoms. The van der Waals surface area contributed by atoms with Gasteiger partial charge in [0.25, 0.3) is 10.0 Å². The molecule has 0 unspecified atom stereocenters. The second-order valence-electron chi connectivity index (χ2n) is 11.0. The molecule has 47 heavy (non-hydrogen) atoms. The third kappa shape index (κ3) is 8.97. The maximum Gasteiger partial charge on any atom is 0.264 e. The molecule has 0 aliphatic carbocycles. The number of nitrogens with zero attached hydrogens (tertiary/aromatic N) is 2. The molecule has 0 bridgehead atoms. The zero-order valence-electron chi connectivity index (χ0n) is 26.5. The van der Waals surface area contributed by atoms with Crippen LogP contribution in [0.5, 0.6) is 11.5 Å². The number of halogens is 2. The van der Waals surface area contributed by atoms with E-state index in [4.69, 9.17) is 32.7 Å². The van der Waals surface area contributed by atoms with Gasteiger partial charge in [0, 0.05) is 25.1 Å². The third-order valence-corrected chi connectivity index (χ3v) is 9.81. The van der Waals surface area contributed by atoms with Crippen LogP contribution in [0.25, 0.3) is 0 Å². The Morgan fingerprint density at radius 1 is 0.787 bits per heavy atom. The molecule has 12 heteroatoms. The van der Waals surface area contributed by atoms with Crippen LogP contribution >= 0.6 is 23.2 Å². The standard InChI is InChI=1S/C35H37Cl2N3O6S/c1-24(2)38-35(42)31(20-25-11-7-5-8-12-25)39(22-26-15-17-29(36)30(37)19-26)34(41)23-40(27-13-9-6-10-14-27)47(43,44)28-16-18-32(45-3)33(21-28)46-4/h5-19,21,24,31H,20,22-23H2,1-4H3,(H,38,42)/t31-/m0/s1. The summed E-state index contributed by atoms with van der Waals surface area (Å²) in [4.78, 5) is 29.6. The molecule has 1 N–H and O–H groups in total. The molecule has 0 aliphatic heterocycles. The number of nitrogens with one attached hydrogen (secondary N) is 1. The summed E-state index contributed by atoms with van der Waals surface area (Å²) in [5.41, 5.74) is 1.69. The first kappa shape index (κ1) is 35.6. The molecular formula is C35H37Cl2N3O6S. The average molecular weight is 699 g/mol. The smallest absolute Gasteiger partial charge is 0.264 e. The van der Waals surface area contributed by atoms with Crippen LogP contribution in [0.1, 0.15) is 25.0 Å². The summed E-state index contributed by atoms with van der Waals surface area (Å²) in [5, 5.41) is 3.55. The quantitative estimate of drug-likeness (QED) is 0.164. The van der Waals surface area contributed by atoms with Crippen molar-refractivity contribution in [3.05, 3.63) is 118 Å². The summed E-state index contributed by atoms with van der Waals surface area (Å²) in [6.45, 7) is 3.00. The fourth-order valence-electron chi connectivity index (χ4n) is 5.00. The lowest BCUT2D eigenvalue weighted by Gasteiger charge is -2.34. The molecule has 0 aliphatic rings. The van der Waals surface area contributed by atoms with E-state index < -0.39 is 28.5 Å². The van der Waals surface area contributed by atoms with Crippen molar-refractivity contribution in [1.82, 2.24) is 10.2 Å². The van der Waals surface area contributed by atoms with Gasteiger partial charge in [-0.05, 0) is 61.4 Å². The summed E-state index contributed by atoms with van der Waals surface area (Å²) < 4.78 is 40.3. The minimum atomic E-state index is -4.34. The molecule has 4 aromatic rings. The van der Waals surface area contributed by atoms with E-state index in [2.05, 4.69) is 5.32 Å². The highest BCUT2D eigenvalue weighted by Gasteiger charge is 2.35. The van der Waals surface area contributed by atoms with Gasteiger partial charge in [-0.3, -0.25) is 13.9 Å². The van der Waals surface area contributed by atoms with Gasteiger partial charge in [-0.15, -0.1) is 0 Å². The zero-order valence-corrected chi connectivity index (χ0v) is 28.9. The first-order valence-corrected chi connectivity index (χ1v) is 17.0. The Hall–Kier alpha value is -4.25. The number of hydrogen-bond donors (Lipinski definition) is 1. The van der Waals surface area contributed by atoms with Crippen LogP contribution in [-0.4, -0.2) is 58.0 Å². The highest BCUT2D eigenvalue weighted by Crippen LogP contribution is 2.32. The summed E-state index contributed by atoms with van der Waals surface area (Å²) in [6.07, 6.45) is 0.181. The van der Waals surface area contributed by atoms with E-state index in [-0.39, 0.29) is 46.3 Å². The van der Waals surface area contributed by atoms with Crippen LogP contribution in [0.3, 0.4) is 0 Å². The number of ether oxygens (including phenoxy) is 2. The van der Waals surface area contributed by atoms with Gasteiger partial charge < -0.3 is 19.7 Å². The fourth-order valence-corrected chi connectivity index (χ4v) is 6.75. The number of carbonyl (C=O) groups is 2. The fraction of sp³-hybridized carbons (Fsp3) is 0.257. The predicted octanol–water partition coefficient (Wildman–Crippen LogP) is 6.37. The van der Waals surface area contributed by atoms with E-state index in [1.165, 1.54) is 37.3 Å².